The molecule has 0 aliphatic heterocycles. The number of pyridine rings is 1. The van der Waals surface area contributed by atoms with Crippen LogP contribution in [0.4, 0.5) is 10.5 Å². The maximum Gasteiger partial charge on any atom is 0.319 e. The molecule has 0 saturated carbocycles. The van der Waals surface area contributed by atoms with Crippen LogP contribution in [0.25, 0.3) is 0 Å². The standard InChI is InChI=1S/C14H13Br2N3O/c15-10-4-5-12(16)13(9-10)19-14(20)18-8-6-11-3-1-2-7-17-11/h1-5,7,9H,6,8H2,(H2,18,19,20). The summed E-state index contributed by atoms with van der Waals surface area (Å²) in [6.07, 6.45) is 2.45. The molecule has 0 aliphatic rings. The summed E-state index contributed by atoms with van der Waals surface area (Å²) in [4.78, 5) is 16.0. The second kappa shape index (κ2) is 7.40. The van der Waals surface area contributed by atoms with Crippen molar-refractivity contribution >= 4 is 43.6 Å². The average molecular weight is 399 g/mol. The number of hydrogen-bond acceptors (Lipinski definition) is 2. The van der Waals surface area contributed by atoms with E-state index in [1.54, 1.807) is 6.20 Å². The molecule has 0 radical (unpaired) electrons. The van der Waals surface area contributed by atoms with E-state index in [1.165, 1.54) is 0 Å². The predicted molar refractivity (Wildman–Crippen MR) is 86.8 cm³/mol. The molecule has 0 unspecified atom stereocenters. The zero-order valence-electron chi connectivity index (χ0n) is 10.6. The van der Waals surface area contributed by atoms with Gasteiger partial charge in [-0.25, -0.2) is 4.79 Å². The molecule has 2 amide bonds. The molecule has 104 valence electrons. The van der Waals surface area contributed by atoms with Crippen molar-refractivity contribution in [3.05, 3.63) is 57.2 Å². The number of benzene rings is 1. The van der Waals surface area contributed by atoms with Crippen molar-refractivity contribution in [2.24, 2.45) is 0 Å². The molecule has 6 heteroatoms. The zero-order chi connectivity index (χ0) is 14.4. The van der Waals surface area contributed by atoms with Crippen molar-refractivity contribution in [2.45, 2.75) is 6.42 Å². The normalized spacial score (nSPS) is 10.1. The zero-order valence-corrected chi connectivity index (χ0v) is 13.7. The van der Waals surface area contributed by atoms with Crippen molar-refractivity contribution < 1.29 is 4.79 Å². The van der Waals surface area contributed by atoms with Crippen LogP contribution in [0.5, 0.6) is 0 Å². The maximum atomic E-state index is 11.8. The van der Waals surface area contributed by atoms with Gasteiger partial charge in [-0.05, 0) is 46.3 Å². The van der Waals surface area contributed by atoms with E-state index >= 15 is 0 Å². The fourth-order valence-electron chi connectivity index (χ4n) is 1.61. The topological polar surface area (TPSA) is 54.0 Å². The Balaban J connectivity index is 1.82. The first-order chi connectivity index (χ1) is 9.65. The molecule has 0 aliphatic carbocycles. The lowest BCUT2D eigenvalue weighted by atomic mass is 10.3. The summed E-state index contributed by atoms with van der Waals surface area (Å²) in [5.41, 5.74) is 1.67. The Kier molecular flexibility index (Phi) is 5.55. The molecular weight excluding hydrogens is 386 g/mol. The Hall–Kier alpha value is -1.40. The Labute approximate surface area is 134 Å². The predicted octanol–water partition coefficient (Wildman–Crippen LogP) is 3.97. The van der Waals surface area contributed by atoms with Gasteiger partial charge < -0.3 is 10.6 Å². The van der Waals surface area contributed by atoms with Crippen LogP contribution in [0, 0.1) is 0 Å². The molecule has 20 heavy (non-hydrogen) atoms. The highest BCUT2D eigenvalue weighted by molar-refractivity contribution is 9.11. The third-order valence-corrected chi connectivity index (χ3v) is 3.75. The number of aromatic nitrogens is 1. The molecule has 0 atom stereocenters. The van der Waals surface area contributed by atoms with Crippen LogP contribution in [0.3, 0.4) is 0 Å². The van der Waals surface area contributed by atoms with E-state index in [2.05, 4.69) is 47.5 Å². The van der Waals surface area contributed by atoms with Crippen LogP contribution in [-0.2, 0) is 6.42 Å². The third kappa shape index (κ3) is 4.61. The lowest BCUT2D eigenvalue weighted by molar-refractivity contribution is 0.252. The summed E-state index contributed by atoms with van der Waals surface area (Å²) < 4.78 is 1.74. The van der Waals surface area contributed by atoms with Gasteiger partial charge in [0.05, 0.1) is 5.69 Å². The second-order valence-electron chi connectivity index (χ2n) is 4.08. The van der Waals surface area contributed by atoms with Gasteiger partial charge in [0.25, 0.3) is 0 Å². The van der Waals surface area contributed by atoms with Gasteiger partial charge in [0.15, 0.2) is 0 Å². The summed E-state index contributed by atoms with van der Waals surface area (Å²) in [6, 6.07) is 11.1. The minimum atomic E-state index is -0.236. The Morgan fingerprint density at radius 2 is 2.05 bits per heavy atom. The number of amides is 2. The lowest BCUT2D eigenvalue weighted by Crippen LogP contribution is -2.30. The molecule has 2 aromatic rings. The molecule has 0 saturated heterocycles. The van der Waals surface area contributed by atoms with E-state index in [0.29, 0.717) is 13.0 Å². The van der Waals surface area contributed by atoms with Crippen LogP contribution in [-0.4, -0.2) is 17.6 Å². The van der Waals surface area contributed by atoms with E-state index in [0.717, 1.165) is 20.3 Å². The molecule has 2 rings (SSSR count). The Bertz CT molecular complexity index is 590. The number of anilines is 1. The molecule has 2 N–H and O–H groups in total. The van der Waals surface area contributed by atoms with Crippen LogP contribution in [0.2, 0.25) is 0 Å². The molecule has 0 fully saturated rings. The molecule has 0 bridgehead atoms. The van der Waals surface area contributed by atoms with Gasteiger partial charge in [0, 0.05) is 33.8 Å². The quantitative estimate of drug-likeness (QED) is 0.818. The number of nitrogens with zero attached hydrogens (tertiary/aromatic N) is 1. The Morgan fingerprint density at radius 1 is 1.20 bits per heavy atom. The number of hydrogen-bond donors (Lipinski definition) is 2. The van der Waals surface area contributed by atoms with Crippen molar-refractivity contribution in [2.75, 3.05) is 11.9 Å². The minimum absolute atomic E-state index is 0.236. The largest absolute Gasteiger partial charge is 0.337 e. The number of rotatable bonds is 4. The smallest absolute Gasteiger partial charge is 0.319 e. The Morgan fingerprint density at radius 3 is 2.80 bits per heavy atom. The molecular formula is C14H13Br2N3O. The second-order valence-corrected chi connectivity index (χ2v) is 5.85. The summed E-state index contributed by atoms with van der Waals surface area (Å²) >= 11 is 6.76. The summed E-state index contributed by atoms with van der Waals surface area (Å²) in [5, 5.41) is 5.59. The SMILES string of the molecule is O=C(NCCc1ccccn1)Nc1cc(Br)ccc1Br. The van der Waals surface area contributed by atoms with Crippen LogP contribution < -0.4 is 10.6 Å². The van der Waals surface area contributed by atoms with Gasteiger partial charge in [-0.15, -0.1) is 0 Å². The highest BCUT2D eigenvalue weighted by Crippen LogP contribution is 2.25. The molecule has 1 heterocycles. The number of carbonyl (C=O) groups excluding carboxylic acids is 1. The maximum absolute atomic E-state index is 11.8. The average Bonchev–Trinajstić information content (AvgIpc) is 2.44. The fraction of sp³-hybridized carbons (Fsp3) is 0.143. The summed E-state index contributed by atoms with van der Waals surface area (Å²) in [7, 11) is 0. The number of urea groups is 1. The molecule has 0 spiro atoms. The van der Waals surface area contributed by atoms with Gasteiger partial charge >= 0.3 is 6.03 Å². The van der Waals surface area contributed by atoms with E-state index in [-0.39, 0.29) is 6.03 Å². The van der Waals surface area contributed by atoms with E-state index < -0.39 is 0 Å². The highest BCUT2D eigenvalue weighted by atomic mass is 79.9. The van der Waals surface area contributed by atoms with Crippen LogP contribution >= 0.6 is 31.9 Å². The van der Waals surface area contributed by atoms with E-state index in [4.69, 9.17) is 0 Å². The lowest BCUT2D eigenvalue weighted by Gasteiger charge is -2.09. The van der Waals surface area contributed by atoms with Gasteiger partial charge in [-0.1, -0.05) is 22.0 Å². The van der Waals surface area contributed by atoms with Gasteiger partial charge in [0.2, 0.25) is 0 Å². The minimum Gasteiger partial charge on any atom is -0.337 e. The van der Waals surface area contributed by atoms with Crippen molar-refractivity contribution in [1.82, 2.24) is 10.3 Å². The number of nitrogens with one attached hydrogen (secondary N) is 2. The van der Waals surface area contributed by atoms with Gasteiger partial charge in [-0.3, -0.25) is 4.98 Å². The fourth-order valence-corrected chi connectivity index (χ4v) is 2.32. The van der Waals surface area contributed by atoms with Crippen molar-refractivity contribution in [3.63, 3.8) is 0 Å². The number of carbonyl (C=O) groups is 1. The molecule has 4 nitrogen and oxygen atoms in total. The first-order valence-electron chi connectivity index (χ1n) is 6.05. The summed E-state index contributed by atoms with van der Waals surface area (Å²) in [5.74, 6) is 0. The van der Waals surface area contributed by atoms with Crippen LogP contribution in [0.1, 0.15) is 5.69 Å². The first kappa shape index (κ1) is 15.0. The van der Waals surface area contributed by atoms with Crippen molar-refractivity contribution in [3.8, 4) is 0 Å². The van der Waals surface area contributed by atoms with Crippen molar-refractivity contribution in [1.29, 1.82) is 0 Å². The molecule has 1 aromatic heterocycles. The van der Waals surface area contributed by atoms with Crippen LogP contribution in [0.15, 0.2) is 51.5 Å². The highest BCUT2D eigenvalue weighted by Gasteiger charge is 2.05. The first-order valence-corrected chi connectivity index (χ1v) is 7.63. The van der Waals surface area contributed by atoms with Gasteiger partial charge in [0.1, 0.15) is 0 Å². The molecule has 1 aromatic carbocycles. The van der Waals surface area contributed by atoms with E-state index in [9.17, 15) is 4.79 Å². The number of halogens is 2. The van der Waals surface area contributed by atoms with Gasteiger partial charge in [-0.2, -0.15) is 0 Å². The summed E-state index contributed by atoms with van der Waals surface area (Å²) in [6.45, 7) is 0.536. The third-order valence-electron chi connectivity index (χ3n) is 2.57. The van der Waals surface area contributed by atoms with E-state index in [1.807, 2.05) is 36.4 Å². The monoisotopic (exact) mass is 397 g/mol.